The topological polar surface area (TPSA) is 86.0 Å². The predicted molar refractivity (Wildman–Crippen MR) is 100 cm³/mol. The summed E-state index contributed by atoms with van der Waals surface area (Å²) in [5.74, 6) is -0.725. The van der Waals surface area contributed by atoms with Crippen LogP contribution in [0.2, 0.25) is 0 Å². The molecule has 2 heterocycles. The van der Waals surface area contributed by atoms with E-state index in [4.69, 9.17) is 0 Å². The van der Waals surface area contributed by atoms with Gasteiger partial charge in [0.1, 0.15) is 11.2 Å². The van der Waals surface area contributed by atoms with Gasteiger partial charge in [-0.15, -0.1) is 0 Å². The lowest BCUT2D eigenvalue weighted by Gasteiger charge is -2.15. The maximum atomic E-state index is 13.0. The maximum Gasteiger partial charge on any atom is 0.332 e. The van der Waals surface area contributed by atoms with Crippen LogP contribution in [0.5, 0.6) is 0 Å². The first-order valence-corrected chi connectivity index (χ1v) is 8.45. The molecule has 7 nitrogen and oxygen atoms in total. The Bertz CT molecular complexity index is 1150. The second-order valence-electron chi connectivity index (χ2n) is 6.27. The van der Waals surface area contributed by atoms with Gasteiger partial charge in [-0.2, -0.15) is 0 Å². The second-order valence-corrected chi connectivity index (χ2v) is 6.27. The first-order chi connectivity index (χ1) is 12.8. The molecular formula is C19H19FN4O3. The summed E-state index contributed by atoms with van der Waals surface area (Å²) >= 11 is 0. The highest BCUT2D eigenvalue weighted by Crippen LogP contribution is 2.23. The standard InChI is InChI=1S/C19H19FN4O3/c1-4-12-10-21-17-15(18(26)24(3)19(27)23(17)2)16(12)22-14(25)9-11-5-7-13(20)8-6-11/h5-8,10H,4,9H2,1-3H3,(H,21,22,25). The highest BCUT2D eigenvalue weighted by atomic mass is 19.1. The fourth-order valence-electron chi connectivity index (χ4n) is 2.95. The van der Waals surface area contributed by atoms with Gasteiger partial charge in [0.15, 0.2) is 5.65 Å². The van der Waals surface area contributed by atoms with Crippen molar-refractivity contribution >= 4 is 22.6 Å². The zero-order valence-corrected chi connectivity index (χ0v) is 15.2. The van der Waals surface area contributed by atoms with Crippen LogP contribution in [0.4, 0.5) is 10.1 Å². The van der Waals surface area contributed by atoms with Crippen LogP contribution in [-0.4, -0.2) is 20.0 Å². The molecule has 1 amide bonds. The lowest BCUT2D eigenvalue weighted by Crippen LogP contribution is -2.38. The summed E-state index contributed by atoms with van der Waals surface area (Å²) in [6.45, 7) is 1.88. The number of anilines is 1. The molecule has 140 valence electrons. The van der Waals surface area contributed by atoms with Crippen molar-refractivity contribution in [2.75, 3.05) is 5.32 Å². The van der Waals surface area contributed by atoms with E-state index in [1.54, 1.807) is 6.20 Å². The Kier molecular flexibility index (Phi) is 4.89. The minimum atomic E-state index is -0.520. The number of aromatic nitrogens is 3. The van der Waals surface area contributed by atoms with Crippen molar-refractivity contribution in [1.82, 2.24) is 14.1 Å². The number of carbonyl (C=O) groups is 1. The van der Waals surface area contributed by atoms with E-state index in [1.165, 1.54) is 42.9 Å². The summed E-state index contributed by atoms with van der Waals surface area (Å²) in [5, 5.41) is 2.97. The quantitative estimate of drug-likeness (QED) is 0.754. The molecule has 2 aromatic heterocycles. The van der Waals surface area contributed by atoms with Crippen LogP contribution < -0.4 is 16.6 Å². The van der Waals surface area contributed by atoms with Crippen LogP contribution >= 0.6 is 0 Å². The first-order valence-electron chi connectivity index (χ1n) is 8.45. The van der Waals surface area contributed by atoms with E-state index >= 15 is 0 Å². The van der Waals surface area contributed by atoms with Gasteiger partial charge in [-0.1, -0.05) is 19.1 Å². The van der Waals surface area contributed by atoms with Gasteiger partial charge in [0.2, 0.25) is 5.91 Å². The SMILES string of the molecule is CCc1cnc2c(c1NC(=O)Cc1ccc(F)cc1)c(=O)n(C)c(=O)n2C. The van der Waals surface area contributed by atoms with Gasteiger partial charge >= 0.3 is 5.69 Å². The molecule has 1 N–H and O–H groups in total. The Morgan fingerprint density at radius 3 is 2.44 bits per heavy atom. The molecule has 0 saturated heterocycles. The fourth-order valence-corrected chi connectivity index (χ4v) is 2.95. The molecule has 0 fully saturated rings. The number of nitrogens with zero attached hydrogens (tertiary/aromatic N) is 3. The third kappa shape index (κ3) is 3.38. The van der Waals surface area contributed by atoms with Crippen molar-refractivity contribution in [2.24, 2.45) is 14.1 Å². The minimum absolute atomic E-state index is 0.0271. The van der Waals surface area contributed by atoms with Crippen LogP contribution in [0, 0.1) is 5.82 Å². The molecule has 0 aliphatic carbocycles. The highest BCUT2D eigenvalue weighted by molar-refractivity contribution is 6.01. The van der Waals surface area contributed by atoms with Crippen LogP contribution in [0.25, 0.3) is 11.0 Å². The van der Waals surface area contributed by atoms with Crippen molar-refractivity contribution in [3.63, 3.8) is 0 Å². The van der Waals surface area contributed by atoms with Gasteiger partial charge in [-0.05, 0) is 29.7 Å². The first kappa shape index (κ1) is 18.5. The Morgan fingerprint density at radius 1 is 1.15 bits per heavy atom. The molecule has 3 aromatic rings. The normalized spacial score (nSPS) is 11.0. The van der Waals surface area contributed by atoms with Crippen LogP contribution in [-0.2, 0) is 31.7 Å². The molecule has 0 bridgehead atoms. The number of rotatable bonds is 4. The van der Waals surface area contributed by atoms with Gasteiger partial charge in [0.25, 0.3) is 5.56 Å². The van der Waals surface area contributed by atoms with Gasteiger partial charge in [-0.25, -0.2) is 14.2 Å². The summed E-state index contributed by atoms with van der Waals surface area (Å²) in [4.78, 5) is 41.6. The molecule has 3 rings (SSSR count). The lowest BCUT2D eigenvalue weighted by atomic mass is 10.1. The molecule has 0 saturated carbocycles. The van der Waals surface area contributed by atoms with Crippen LogP contribution in [0.1, 0.15) is 18.1 Å². The van der Waals surface area contributed by atoms with E-state index in [1.807, 2.05) is 6.92 Å². The largest absolute Gasteiger partial charge is 0.332 e. The van der Waals surface area contributed by atoms with Crippen molar-refractivity contribution < 1.29 is 9.18 Å². The minimum Gasteiger partial charge on any atom is -0.325 e. The number of pyridine rings is 1. The van der Waals surface area contributed by atoms with Gasteiger partial charge in [0.05, 0.1) is 12.1 Å². The van der Waals surface area contributed by atoms with Gasteiger partial charge in [0, 0.05) is 20.3 Å². The number of carbonyl (C=O) groups excluding carboxylic acids is 1. The molecule has 0 atom stereocenters. The average molecular weight is 370 g/mol. The molecule has 0 unspecified atom stereocenters. The third-order valence-corrected chi connectivity index (χ3v) is 4.47. The Hall–Kier alpha value is -3.29. The van der Waals surface area contributed by atoms with Gasteiger partial charge < -0.3 is 5.32 Å². The average Bonchev–Trinajstić information content (AvgIpc) is 2.66. The smallest absolute Gasteiger partial charge is 0.325 e. The molecule has 0 aliphatic rings. The molecular weight excluding hydrogens is 351 g/mol. The van der Waals surface area contributed by atoms with E-state index in [2.05, 4.69) is 10.3 Å². The van der Waals surface area contributed by atoms with Crippen molar-refractivity contribution in [3.05, 3.63) is 68.2 Å². The summed E-state index contributed by atoms with van der Waals surface area (Å²) in [6.07, 6.45) is 2.12. The number of fused-ring (bicyclic) bond motifs is 1. The Morgan fingerprint density at radius 2 is 1.81 bits per heavy atom. The number of hydrogen-bond donors (Lipinski definition) is 1. The van der Waals surface area contributed by atoms with Crippen LogP contribution in [0.15, 0.2) is 40.1 Å². The number of hydrogen-bond acceptors (Lipinski definition) is 4. The number of amides is 1. The number of aryl methyl sites for hydroxylation is 2. The van der Waals surface area contributed by atoms with Crippen molar-refractivity contribution in [1.29, 1.82) is 0 Å². The molecule has 8 heteroatoms. The summed E-state index contributed by atoms with van der Waals surface area (Å²) in [6, 6.07) is 5.63. The molecule has 0 spiro atoms. The molecule has 1 aromatic carbocycles. The zero-order chi connectivity index (χ0) is 19.7. The fraction of sp³-hybridized carbons (Fsp3) is 0.263. The summed E-state index contributed by atoms with van der Waals surface area (Å²) in [5.41, 5.74) is 0.875. The number of halogens is 1. The Labute approximate surface area is 154 Å². The van der Waals surface area contributed by atoms with E-state index in [-0.39, 0.29) is 29.2 Å². The van der Waals surface area contributed by atoms with Crippen molar-refractivity contribution in [3.8, 4) is 0 Å². The van der Waals surface area contributed by atoms with E-state index in [9.17, 15) is 18.8 Å². The summed E-state index contributed by atoms with van der Waals surface area (Å²) < 4.78 is 15.3. The number of nitrogens with one attached hydrogen (secondary N) is 1. The predicted octanol–water partition coefficient (Wildman–Crippen LogP) is 1.51. The monoisotopic (exact) mass is 370 g/mol. The lowest BCUT2D eigenvalue weighted by molar-refractivity contribution is -0.115. The summed E-state index contributed by atoms with van der Waals surface area (Å²) in [7, 11) is 2.90. The zero-order valence-electron chi connectivity index (χ0n) is 15.2. The molecule has 0 aliphatic heterocycles. The van der Waals surface area contributed by atoms with E-state index in [0.717, 1.165) is 4.57 Å². The van der Waals surface area contributed by atoms with E-state index < -0.39 is 11.2 Å². The molecule has 27 heavy (non-hydrogen) atoms. The second kappa shape index (κ2) is 7.14. The van der Waals surface area contributed by atoms with E-state index in [0.29, 0.717) is 23.2 Å². The number of benzene rings is 1. The third-order valence-electron chi connectivity index (χ3n) is 4.47. The van der Waals surface area contributed by atoms with Crippen LogP contribution in [0.3, 0.4) is 0 Å². The highest BCUT2D eigenvalue weighted by Gasteiger charge is 2.18. The Balaban J connectivity index is 2.09. The maximum absolute atomic E-state index is 13.0. The van der Waals surface area contributed by atoms with Gasteiger partial charge in [-0.3, -0.25) is 18.7 Å². The van der Waals surface area contributed by atoms with Crippen molar-refractivity contribution in [2.45, 2.75) is 19.8 Å². The molecule has 0 radical (unpaired) electrons.